The van der Waals surface area contributed by atoms with E-state index in [4.69, 9.17) is 60.6 Å². The number of hydrogen-bond acceptors (Lipinski definition) is 17. The predicted octanol–water partition coefficient (Wildman–Crippen LogP) is 14.3. The lowest BCUT2D eigenvalue weighted by Gasteiger charge is -2.18. The molecular weight excluding hydrogens is 1600 g/mol. The van der Waals surface area contributed by atoms with E-state index in [0.29, 0.717) is 54.2 Å². The van der Waals surface area contributed by atoms with Gasteiger partial charge in [-0.05, 0) is 184 Å². The van der Waals surface area contributed by atoms with Crippen molar-refractivity contribution in [1.82, 2.24) is 4.98 Å². The lowest BCUT2D eigenvalue weighted by Crippen LogP contribution is -2.28. The largest absolute Gasteiger partial charge is 0.386 e. The molecule has 2 atom stereocenters. The van der Waals surface area contributed by atoms with Crippen molar-refractivity contribution in [2.45, 2.75) is 55.8 Å². The number of pyridine rings is 1. The molecule has 2 saturated heterocycles. The number of hydrogen-bond donors (Lipinski definition) is 9. The third-order valence-electron chi connectivity index (χ3n) is 15.5. The van der Waals surface area contributed by atoms with Crippen LogP contribution in [-0.2, 0) is 65.7 Å². The Hall–Kier alpha value is -9.49. The van der Waals surface area contributed by atoms with Gasteiger partial charge in [-0.15, -0.1) is 0 Å². The zero-order valence-electron chi connectivity index (χ0n) is 58.3. The Labute approximate surface area is 652 Å². The number of ether oxygens (including phenoxy) is 3. The predicted molar refractivity (Wildman–Crippen MR) is 416 cm³/mol. The molecule has 0 saturated carbocycles. The molecule has 584 valence electrons. The fourth-order valence-electron chi connectivity index (χ4n) is 10.0. The van der Waals surface area contributed by atoms with Crippen molar-refractivity contribution >= 4 is 156 Å². The molecule has 9 N–H and O–H groups in total. The summed E-state index contributed by atoms with van der Waals surface area (Å²) in [7, 11) is -13.2. The fraction of sp³-hybridized carbons (Fsp3) is 0.219. The first-order valence-corrected chi connectivity index (χ1v) is 40.8. The molecule has 0 radical (unpaired) electrons. The van der Waals surface area contributed by atoms with E-state index in [9.17, 15) is 75.5 Å². The van der Waals surface area contributed by atoms with Gasteiger partial charge in [-0.25, -0.2) is 56.2 Å². The number of nitrogens with one attached hydrogen (secondary N) is 8. The van der Waals surface area contributed by atoms with Gasteiger partial charge in [0.2, 0.25) is 40.1 Å². The number of rotatable bonds is 25. The van der Waals surface area contributed by atoms with E-state index in [2.05, 4.69) is 45.1 Å². The van der Waals surface area contributed by atoms with Crippen molar-refractivity contribution in [3.05, 3.63) is 265 Å². The minimum atomic E-state index is -3.81. The van der Waals surface area contributed by atoms with Crippen LogP contribution in [-0.4, -0.2) is 124 Å². The summed E-state index contributed by atoms with van der Waals surface area (Å²) in [4.78, 5) is 53.4. The van der Waals surface area contributed by atoms with E-state index in [1.807, 2.05) is 0 Å². The van der Waals surface area contributed by atoms with Gasteiger partial charge in [-0.3, -0.25) is 38.1 Å². The number of methoxy groups -OCH3 is 1. The molecule has 0 bridgehead atoms. The van der Waals surface area contributed by atoms with Crippen molar-refractivity contribution in [3.8, 4) is 0 Å². The second-order valence-electron chi connectivity index (χ2n) is 24.7. The fourth-order valence-corrected chi connectivity index (χ4v) is 15.5. The minimum Gasteiger partial charge on any atom is -0.386 e. The zero-order valence-corrected chi connectivity index (χ0v) is 64.6. The van der Waals surface area contributed by atoms with E-state index < -0.39 is 97.8 Å². The van der Waals surface area contributed by atoms with Crippen LogP contribution in [0.3, 0.4) is 0 Å². The van der Waals surface area contributed by atoms with E-state index in [1.165, 1.54) is 110 Å². The van der Waals surface area contributed by atoms with Gasteiger partial charge in [0.25, 0.3) is 23.6 Å². The second-order valence-corrected chi connectivity index (χ2v) is 33.6. The van der Waals surface area contributed by atoms with Crippen molar-refractivity contribution in [1.29, 1.82) is 0 Å². The van der Waals surface area contributed by atoms with Crippen LogP contribution in [0.25, 0.3) is 0 Å². The van der Waals surface area contributed by atoms with Crippen molar-refractivity contribution in [2.75, 3.05) is 85.2 Å². The first-order chi connectivity index (χ1) is 51.9. The highest BCUT2D eigenvalue weighted by molar-refractivity contribution is 7.93. The first-order valence-electron chi connectivity index (χ1n) is 32.8. The molecule has 11 rings (SSSR count). The molecule has 2 unspecified atom stereocenters. The molecule has 1 aromatic heterocycles. The summed E-state index contributed by atoms with van der Waals surface area (Å²) in [6.45, 7) is 4.47. The lowest BCUT2D eigenvalue weighted by atomic mass is 9.98. The zero-order chi connectivity index (χ0) is 80.1. The Morgan fingerprint density at radius 1 is 0.500 bits per heavy atom. The number of anilines is 8. The monoisotopic (exact) mass is 1670 g/mol. The van der Waals surface area contributed by atoms with Gasteiger partial charge in [0.05, 0.1) is 62.3 Å². The number of carbonyl (C=O) groups is 4. The summed E-state index contributed by atoms with van der Waals surface area (Å²) in [5.41, 5.74) is 3.09. The highest BCUT2D eigenvalue weighted by Crippen LogP contribution is 2.28. The first kappa shape index (κ1) is 86.1. The van der Waals surface area contributed by atoms with Gasteiger partial charge in [0.1, 0.15) is 34.3 Å². The van der Waals surface area contributed by atoms with E-state index in [0.717, 1.165) is 30.7 Å². The van der Waals surface area contributed by atoms with E-state index in [1.54, 1.807) is 74.5 Å². The maximum absolute atomic E-state index is 13.3. The van der Waals surface area contributed by atoms with Gasteiger partial charge < -0.3 is 40.6 Å². The average Bonchev–Trinajstić information content (AvgIpc) is 1.31. The molecule has 110 heavy (non-hydrogen) atoms. The van der Waals surface area contributed by atoms with Crippen LogP contribution < -0.4 is 40.2 Å². The number of aromatic nitrogens is 1. The van der Waals surface area contributed by atoms with Crippen molar-refractivity contribution in [3.63, 3.8) is 0 Å². The molecule has 2 aliphatic rings. The van der Waals surface area contributed by atoms with Crippen LogP contribution in [0.15, 0.2) is 188 Å². The third-order valence-corrected chi connectivity index (χ3v) is 22.3. The highest BCUT2D eigenvalue weighted by atomic mass is 35.5. The maximum Gasteiger partial charge on any atom is 0.255 e. The number of benzene rings is 8. The molecule has 4 amide bonds. The second kappa shape index (κ2) is 38.9. The molecular formula is C73H71Cl4F4N9O16S4. The molecule has 8 aromatic carbocycles. The summed E-state index contributed by atoms with van der Waals surface area (Å²) in [5.74, 6) is -5.02. The van der Waals surface area contributed by atoms with Gasteiger partial charge in [-0.2, -0.15) is 0 Å². The normalized spacial score (nSPS) is 14.1. The molecule has 0 spiro atoms. The van der Waals surface area contributed by atoms with E-state index >= 15 is 0 Å². The lowest BCUT2D eigenvalue weighted by molar-refractivity contribution is 0.0785. The average molecular weight is 1680 g/mol. The Morgan fingerprint density at radius 3 is 1.30 bits per heavy atom. The number of nitrogens with zero attached hydrogens (tertiary/aromatic N) is 1. The topological polar surface area (TPSA) is 362 Å². The number of amides is 4. The Balaban J connectivity index is 0.000000185. The summed E-state index contributed by atoms with van der Waals surface area (Å²) in [6, 6.07) is 42.6. The van der Waals surface area contributed by atoms with Crippen LogP contribution >= 0.6 is 46.4 Å². The molecule has 3 heterocycles. The Bertz CT molecular complexity index is 5290. The Kier molecular flexibility index (Phi) is 30.5. The molecule has 2 fully saturated rings. The standard InChI is InChI=1S/C22H21ClFN3O4S.C18H18ClFN2O4S.C17H16ClFN2O4S.C16H16ClFN2O4S/c1-22(2,29)16-5-3-14(4-6-16)13-32(30,31)27-20-11-15(9-10-25-20)21(28)26-17-7-8-19(24)18(23)12-17;19-16-10-13(6-7-17(16)20)21-18(23)12-3-1-4-14(9-12)22-27(24,25)11-15-5-2-8-26-15;18-15-9-12(4-5-16(15)19)20-17(22)11-2-1-3-13(8-11)21-26(23,24)14-6-7-25-10-14;1-24-7-8-25(22,23)20-13-4-2-3-11(9-13)16(21)19-12-5-6-15(18)14(17)10-12/h3-12,29H,13H2,1-2H3,(H,25,27)(H,26,28);1,3-4,6-7,9-10,15,22H,2,5,8,11H2,(H,21,23);1-5,8-9,14,21H,6-7,10H2,(H,20,22);2-6,9-10,20H,7-8H2,1H3,(H,19,21). The number of sulfonamides is 4. The summed E-state index contributed by atoms with van der Waals surface area (Å²) in [5, 5.41) is 19.2. The Morgan fingerprint density at radius 2 is 0.918 bits per heavy atom. The summed E-state index contributed by atoms with van der Waals surface area (Å²) < 4.78 is 176. The maximum atomic E-state index is 13.3. The van der Waals surface area contributed by atoms with Crippen LogP contribution in [0.4, 0.5) is 63.2 Å². The number of aliphatic hydroxyl groups is 1. The molecule has 0 aliphatic carbocycles. The molecule has 37 heteroatoms. The van der Waals surface area contributed by atoms with Gasteiger partial charge in [-0.1, -0.05) is 88.9 Å². The van der Waals surface area contributed by atoms with Crippen molar-refractivity contribution in [2.24, 2.45) is 0 Å². The van der Waals surface area contributed by atoms with Crippen LogP contribution in [0.2, 0.25) is 20.1 Å². The summed E-state index contributed by atoms with van der Waals surface area (Å²) >= 11 is 22.8. The summed E-state index contributed by atoms with van der Waals surface area (Å²) in [6.07, 6.45) is 2.98. The van der Waals surface area contributed by atoms with Gasteiger partial charge >= 0.3 is 0 Å². The molecule has 2 aliphatic heterocycles. The van der Waals surface area contributed by atoms with Crippen LogP contribution in [0.1, 0.15) is 85.7 Å². The minimum absolute atomic E-state index is 0.0251. The van der Waals surface area contributed by atoms with Gasteiger partial charge in [0.15, 0.2) is 0 Å². The van der Waals surface area contributed by atoms with Crippen LogP contribution in [0, 0.1) is 23.3 Å². The number of carbonyl (C=O) groups excluding carboxylic acids is 4. The quantitative estimate of drug-likeness (QED) is 0.0240. The smallest absolute Gasteiger partial charge is 0.255 e. The van der Waals surface area contributed by atoms with Crippen molar-refractivity contribution < 1.29 is 89.7 Å². The van der Waals surface area contributed by atoms with Gasteiger partial charge in [0, 0.05) is 88.6 Å². The van der Waals surface area contributed by atoms with Crippen LogP contribution in [0.5, 0.6) is 0 Å². The van der Waals surface area contributed by atoms with E-state index in [-0.39, 0.29) is 107 Å². The SMILES string of the molecule is CC(C)(O)c1ccc(CS(=O)(=O)Nc2cc(C(=O)Nc3ccc(F)c(Cl)c3)ccn2)cc1.COCCS(=O)(=O)Nc1cccc(C(=O)Nc2ccc(F)c(Cl)c2)c1.O=C(Nc1ccc(F)c(Cl)c1)c1cccc(NS(=O)(=O)C2CCOC2)c1.O=C(Nc1ccc(F)c(Cl)c1)c1cccc(NS(=O)(=O)CC2CCCO2)c1. The highest BCUT2D eigenvalue weighted by Gasteiger charge is 2.30. The number of halogens is 8. The third kappa shape index (κ3) is 27.2. The molecule has 9 aromatic rings. The molecule has 25 nitrogen and oxygen atoms in total.